The zero-order valence-corrected chi connectivity index (χ0v) is 17.3. The van der Waals surface area contributed by atoms with Gasteiger partial charge in [0.2, 0.25) is 11.8 Å². The Hall–Kier alpha value is -3.68. The van der Waals surface area contributed by atoms with Gasteiger partial charge in [-0.05, 0) is 43.2 Å². The SMILES string of the molecule is COc1ccccc1NC(=O)CC(=O)Nc1ccc2nc3n(c(=O)c2c1)CCCCC3. The van der Waals surface area contributed by atoms with Crippen molar-refractivity contribution in [2.75, 3.05) is 17.7 Å². The normalized spacial score (nSPS) is 13.2. The number of hydrogen-bond donors (Lipinski definition) is 2. The number of para-hydroxylation sites is 2. The van der Waals surface area contributed by atoms with Crippen LogP contribution in [0.1, 0.15) is 31.5 Å². The van der Waals surface area contributed by atoms with Crippen LogP contribution < -0.4 is 20.9 Å². The van der Waals surface area contributed by atoms with Crippen molar-refractivity contribution >= 4 is 34.1 Å². The van der Waals surface area contributed by atoms with Crippen LogP contribution in [-0.2, 0) is 22.6 Å². The van der Waals surface area contributed by atoms with E-state index in [1.807, 2.05) is 0 Å². The lowest BCUT2D eigenvalue weighted by atomic mass is 10.2. The monoisotopic (exact) mass is 420 g/mol. The number of ether oxygens (including phenoxy) is 1. The molecule has 2 amide bonds. The molecule has 8 heteroatoms. The Morgan fingerprint density at radius 2 is 1.87 bits per heavy atom. The van der Waals surface area contributed by atoms with Gasteiger partial charge >= 0.3 is 0 Å². The van der Waals surface area contributed by atoms with E-state index in [-0.39, 0.29) is 12.0 Å². The van der Waals surface area contributed by atoms with Crippen molar-refractivity contribution in [2.24, 2.45) is 0 Å². The Bertz CT molecular complexity index is 1200. The van der Waals surface area contributed by atoms with Gasteiger partial charge in [0.15, 0.2) is 0 Å². The Morgan fingerprint density at radius 3 is 2.71 bits per heavy atom. The van der Waals surface area contributed by atoms with Crippen molar-refractivity contribution in [1.29, 1.82) is 0 Å². The maximum Gasteiger partial charge on any atom is 0.261 e. The van der Waals surface area contributed by atoms with E-state index < -0.39 is 11.8 Å². The third-order valence-electron chi connectivity index (χ3n) is 5.30. The van der Waals surface area contributed by atoms with Gasteiger partial charge in [0.05, 0.1) is 23.7 Å². The van der Waals surface area contributed by atoms with Crippen LogP contribution in [0.5, 0.6) is 5.75 Å². The summed E-state index contributed by atoms with van der Waals surface area (Å²) >= 11 is 0. The van der Waals surface area contributed by atoms with E-state index in [9.17, 15) is 14.4 Å². The third kappa shape index (κ3) is 4.58. The lowest BCUT2D eigenvalue weighted by Gasteiger charge is -2.12. The zero-order valence-electron chi connectivity index (χ0n) is 17.3. The molecule has 0 saturated heterocycles. The van der Waals surface area contributed by atoms with Crippen molar-refractivity contribution in [3.05, 3.63) is 58.6 Å². The van der Waals surface area contributed by atoms with Crippen molar-refractivity contribution in [2.45, 2.75) is 38.6 Å². The molecule has 0 radical (unpaired) electrons. The largest absolute Gasteiger partial charge is 0.495 e. The van der Waals surface area contributed by atoms with E-state index in [4.69, 9.17) is 4.74 Å². The van der Waals surface area contributed by atoms with Crippen molar-refractivity contribution in [3.8, 4) is 5.75 Å². The van der Waals surface area contributed by atoms with Crippen LogP contribution in [-0.4, -0.2) is 28.5 Å². The fourth-order valence-corrected chi connectivity index (χ4v) is 3.79. The zero-order chi connectivity index (χ0) is 21.8. The van der Waals surface area contributed by atoms with Crippen LogP contribution >= 0.6 is 0 Å². The second-order valence-corrected chi connectivity index (χ2v) is 7.50. The summed E-state index contributed by atoms with van der Waals surface area (Å²) in [6, 6.07) is 12.0. The Kier molecular flexibility index (Phi) is 5.97. The van der Waals surface area contributed by atoms with Gasteiger partial charge in [0.1, 0.15) is 18.0 Å². The molecular formula is C23H24N4O4. The van der Waals surface area contributed by atoms with Crippen molar-refractivity contribution in [1.82, 2.24) is 9.55 Å². The molecule has 0 fully saturated rings. The second kappa shape index (κ2) is 8.99. The molecule has 0 bridgehead atoms. The van der Waals surface area contributed by atoms with E-state index in [0.29, 0.717) is 34.6 Å². The molecule has 8 nitrogen and oxygen atoms in total. The average Bonchev–Trinajstić information content (AvgIpc) is 3.00. The number of anilines is 2. The summed E-state index contributed by atoms with van der Waals surface area (Å²) in [5, 5.41) is 5.82. The summed E-state index contributed by atoms with van der Waals surface area (Å²) in [7, 11) is 1.51. The minimum Gasteiger partial charge on any atom is -0.495 e. The molecule has 31 heavy (non-hydrogen) atoms. The minimum atomic E-state index is -0.477. The number of carbonyl (C=O) groups excluding carboxylic acids is 2. The highest BCUT2D eigenvalue weighted by molar-refractivity contribution is 6.08. The number of rotatable bonds is 5. The fourth-order valence-electron chi connectivity index (χ4n) is 3.79. The lowest BCUT2D eigenvalue weighted by Crippen LogP contribution is -2.25. The number of aryl methyl sites for hydroxylation is 1. The van der Waals surface area contributed by atoms with Gasteiger partial charge in [-0.15, -0.1) is 0 Å². The van der Waals surface area contributed by atoms with Crippen molar-refractivity contribution < 1.29 is 14.3 Å². The minimum absolute atomic E-state index is 0.0908. The smallest absolute Gasteiger partial charge is 0.261 e. The number of hydrogen-bond acceptors (Lipinski definition) is 5. The average molecular weight is 420 g/mol. The lowest BCUT2D eigenvalue weighted by molar-refractivity contribution is -0.123. The molecule has 1 aliphatic heterocycles. The maximum absolute atomic E-state index is 12.9. The summed E-state index contributed by atoms with van der Waals surface area (Å²) in [5.74, 6) is 0.391. The summed E-state index contributed by atoms with van der Waals surface area (Å²) in [6.07, 6.45) is 3.50. The standard InChI is InChI=1S/C23H24N4O4/c1-31-19-8-5-4-7-18(19)26-22(29)14-21(28)24-15-10-11-17-16(13-15)23(30)27-12-6-2-3-9-20(27)25-17/h4-5,7-8,10-11,13H,2-3,6,9,12,14H2,1H3,(H,24,28)(H,26,29). The number of nitrogens with one attached hydrogen (secondary N) is 2. The first-order valence-corrected chi connectivity index (χ1v) is 10.3. The van der Waals surface area contributed by atoms with E-state index in [1.165, 1.54) is 7.11 Å². The first-order chi connectivity index (χ1) is 15.0. The van der Waals surface area contributed by atoms with Crippen LogP contribution in [0, 0.1) is 0 Å². The van der Waals surface area contributed by atoms with Gasteiger partial charge in [0, 0.05) is 18.7 Å². The maximum atomic E-state index is 12.9. The number of amides is 2. The predicted octanol–water partition coefficient (Wildman–Crippen LogP) is 3.10. The molecule has 4 rings (SSSR count). The summed E-state index contributed by atoms with van der Waals surface area (Å²) in [5.41, 5.74) is 1.47. The van der Waals surface area contributed by atoms with E-state index in [1.54, 1.807) is 47.0 Å². The molecular weight excluding hydrogens is 396 g/mol. The summed E-state index contributed by atoms with van der Waals surface area (Å²) in [4.78, 5) is 42.2. The molecule has 160 valence electrons. The Balaban J connectivity index is 1.48. The Morgan fingerprint density at radius 1 is 1.06 bits per heavy atom. The molecule has 0 spiro atoms. The van der Waals surface area contributed by atoms with Crippen LogP contribution in [0.3, 0.4) is 0 Å². The fraction of sp³-hybridized carbons (Fsp3) is 0.304. The van der Waals surface area contributed by atoms with Gasteiger partial charge in [0.25, 0.3) is 5.56 Å². The van der Waals surface area contributed by atoms with Crippen LogP contribution in [0.2, 0.25) is 0 Å². The summed E-state index contributed by atoms with van der Waals surface area (Å²) < 4.78 is 6.93. The highest BCUT2D eigenvalue weighted by atomic mass is 16.5. The number of aromatic nitrogens is 2. The number of methoxy groups -OCH3 is 1. The third-order valence-corrected chi connectivity index (χ3v) is 5.30. The molecule has 0 saturated carbocycles. The topological polar surface area (TPSA) is 102 Å². The summed E-state index contributed by atoms with van der Waals surface area (Å²) in [6.45, 7) is 0.664. The van der Waals surface area contributed by atoms with Gasteiger partial charge < -0.3 is 15.4 Å². The van der Waals surface area contributed by atoms with Gasteiger partial charge in [-0.1, -0.05) is 18.6 Å². The molecule has 1 aliphatic rings. The molecule has 1 aromatic heterocycles. The van der Waals surface area contributed by atoms with E-state index >= 15 is 0 Å². The van der Waals surface area contributed by atoms with E-state index in [0.717, 1.165) is 31.5 Å². The van der Waals surface area contributed by atoms with E-state index in [2.05, 4.69) is 15.6 Å². The van der Waals surface area contributed by atoms with Crippen LogP contribution in [0.25, 0.3) is 10.9 Å². The molecule has 0 aliphatic carbocycles. The van der Waals surface area contributed by atoms with Gasteiger partial charge in [-0.3, -0.25) is 19.0 Å². The molecule has 2 heterocycles. The highest BCUT2D eigenvalue weighted by Gasteiger charge is 2.16. The van der Waals surface area contributed by atoms with Gasteiger partial charge in [-0.2, -0.15) is 0 Å². The van der Waals surface area contributed by atoms with Crippen LogP contribution in [0.4, 0.5) is 11.4 Å². The van der Waals surface area contributed by atoms with Crippen LogP contribution in [0.15, 0.2) is 47.3 Å². The van der Waals surface area contributed by atoms with Crippen molar-refractivity contribution in [3.63, 3.8) is 0 Å². The number of fused-ring (bicyclic) bond motifs is 2. The second-order valence-electron chi connectivity index (χ2n) is 7.50. The molecule has 0 unspecified atom stereocenters. The number of carbonyl (C=O) groups is 2. The molecule has 2 N–H and O–H groups in total. The number of nitrogens with zero attached hydrogens (tertiary/aromatic N) is 2. The quantitative estimate of drug-likeness (QED) is 0.618. The highest BCUT2D eigenvalue weighted by Crippen LogP contribution is 2.23. The first kappa shape index (κ1) is 20.6. The van der Waals surface area contributed by atoms with Gasteiger partial charge in [-0.25, -0.2) is 4.98 Å². The Labute approximate surface area is 179 Å². The molecule has 3 aromatic rings. The molecule has 0 atom stereocenters. The predicted molar refractivity (Wildman–Crippen MR) is 118 cm³/mol. The number of benzene rings is 2. The molecule has 2 aromatic carbocycles. The first-order valence-electron chi connectivity index (χ1n) is 10.3.